The minimum Gasteiger partial charge on any atom is -0.497 e. The summed E-state index contributed by atoms with van der Waals surface area (Å²) in [6.45, 7) is 0. The molecule has 0 heterocycles. The summed E-state index contributed by atoms with van der Waals surface area (Å²) >= 11 is 1.57. The summed E-state index contributed by atoms with van der Waals surface area (Å²) in [5, 5.41) is 2.70. The summed E-state index contributed by atoms with van der Waals surface area (Å²) in [5.74, 6) is 1.14. The lowest BCUT2D eigenvalue weighted by Crippen LogP contribution is -2.42. The van der Waals surface area contributed by atoms with Crippen LogP contribution in [-0.4, -0.2) is 37.9 Å². The Morgan fingerprint density at radius 3 is 2.41 bits per heavy atom. The summed E-state index contributed by atoms with van der Waals surface area (Å²) < 4.78 is 9.90. The fraction of sp³-hybridized carbons (Fsp3) is 0.238. The Bertz CT molecular complexity index is 760. The van der Waals surface area contributed by atoms with Crippen molar-refractivity contribution in [3.8, 4) is 5.75 Å². The molecule has 0 aliphatic carbocycles. The van der Waals surface area contributed by atoms with Crippen molar-refractivity contribution in [2.75, 3.05) is 20.0 Å². The van der Waals surface area contributed by atoms with Crippen LogP contribution in [0.2, 0.25) is 0 Å². The summed E-state index contributed by atoms with van der Waals surface area (Å²) in [6.07, 6.45) is 3.08. The molecule has 0 fully saturated rings. The molecule has 0 radical (unpaired) electrons. The third-order valence-corrected chi connectivity index (χ3v) is 4.85. The van der Waals surface area contributed by atoms with Crippen molar-refractivity contribution in [1.29, 1.82) is 0 Å². The summed E-state index contributed by atoms with van der Waals surface area (Å²) in [7, 11) is 2.91. The molecule has 0 aromatic heterocycles. The van der Waals surface area contributed by atoms with Crippen molar-refractivity contribution >= 4 is 29.7 Å². The maximum atomic E-state index is 12.2. The van der Waals surface area contributed by atoms with E-state index in [1.807, 2.05) is 54.6 Å². The predicted octanol–water partition coefficient (Wildman–Crippen LogP) is 3.30. The van der Waals surface area contributed by atoms with E-state index in [1.54, 1.807) is 24.9 Å². The smallest absolute Gasteiger partial charge is 0.329 e. The number of benzene rings is 2. The first-order chi connectivity index (χ1) is 13.1. The molecule has 2 aromatic carbocycles. The fourth-order valence-corrected chi connectivity index (χ4v) is 3.29. The summed E-state index contributed by atoms with van der Waals surface area (Å²) in [6, 6.07) is 16.6. The van der Waals surface area contributed by atoms with Crippen LogP contribution in [0.5, 0.6) is 5.75 Å². The van der Waals surface area contributed by atoms with Gasteiger partial charge in [0.15, 0.2) is 0 Å². The van der Waals surface area contributed by atoms with Crippen LogP contribution in [0, 0.1) is 0 Å². The Morgan fingerprint density at radius 2 is 1.78 bits per heavy atom. The molecule has 0 bridgehead atoms. The van der Waals surface area contributed by atoms with Crippen LogP contribution in [0.25, 0.3) is 6.08 Å². The van der Waals surface area contributed by atoms with E-state index < -0.39 is 12.0 Å². The Hall–Kier alpha value is -2.73. The lowest BCUT2D eigenvalue weighted by Gasteiger charge is -2.15. The number of hydrogen-bond donors (Lipinski definition) is 1. The Labute approximate surface area is 163 Å². The Morgan fingerprint density at radius 1 is 1.07 bits per heavy atom. The van der Waals surface area contributed by atoms with Crippen molar-refractivity contribution in [2.45, 2.75) is 11.8 Å². The van der Waals surface area contributed by atoms with E-state index in [2.05, 4.69) is 5.32 Å². The zero-order valence-corrected chi connectivity index (χ0v) is 16.2. The van der Waals surface area contributed by atoms with Gasteiger partial charge in [-0.1, -0.05) is 42.5 Å². The molecule has 2 aromatic rings. The Balaban J connectivity index is 1.88. The molecule has 5 nitrogen and oxygen atoms in total. The van der Waals surface area contributed by atoms with Crippen LogP contribution < -0.4 is 10.1 Å². The molecule has 6 heteroatoms. The third-order valence-electron chi connectivity index (χ3n) is 3.74. The number of carbonyl (C=O) groups excluding carboxylic acids is 2. The van der Waals surface area contributed by atoms with Gasteiger partial charge in [-0.25, -0.2) is 4.79 Å². The molecule has 0 saturated heterocycles. The summed E-state index contributed by atoms with van der Waals surface area (Å²) in [4.78, 5) is 24.1. The van der Waals surface area contributed by atoms with Gasteiger partial charge in [0.2, 0.25) is 5.91 Å². The fourth-order valence-electron chi connectivity index (χ4n) is 2.29. The van der Waals surface area contributed by atoms with E-state index in [1.165, 1.54) is 13.2 Å². The highest BCUT2D eigenvalue weighted by molar-refractivity contribution is 7.98. The van der Waals surface area contributed by atoms with Gasteiger partial charge in [0, 0.05) is 17.6 Å². The van der Waals surface area contributed by atoms with Crippen LogP contribution in [0.1, 0.15) is 11.1 Å². The van der Waals surface area contributed by atoms with Crippen molar-refractivity contribution < 1.29 is 19.1 Å². The van der Waals surface area contributed by atoms with Gasteiger partial charge >= 0.3 is 5.97 Å². The molecule has 142 valence electrons. The van der Waals surface area contributed by atoms with Crippen LogP contribution in [0.15, 0.2) is 60.7 Å². The van der Waals surface area contributed by atoms with Gasteiger partial charge in [-0.05, 0) is 29.3 Å². The highest BCUT2D eigenvalue weighted by atomic mass is 32.2. The third kappa shape index (κ3) is 7.19. The zero-order chi connectivity index (χ0) is 19.5. The molecule has 1 amide bonds. The number of rotatable bonds is 9. The lowest BCUT2D eigenvalue weighted by molar-refractivity contribution is -0.143. The lowest BCUT2D eigenvalue weighted by atomic mass is 10.2. The normalized spacial score (nSPS) is 11.8. The van der Waals surface area contributed by atoms with Crippen molar-refractivity contribution in [1.82, 2.24) is 5.32 Å². The van der Waals surface area contributed by atoms with Gasteiger partial charge < -0.3 is 14.8 Å². The van der Waals surface area contributed by atoms with Crippen molar-refractivity contribution in [2.24, 2.45) is 0 Å². The molecule has 1 N–H and O–H groups in total. The van der Waals surface area contributed by atoms with E-state index in [-0.39, 0.29) is 5.91 Å². The van der Waals surface area contributed by atoms with E-state index in [0.717, 1.165) is 22.6 Å². The Kier molecular flexibility index (Phi) is 8.45. The first-order valence-electron chi connectivity index (χ1n) is 8.44. The molecule has 0 aliphatic rings. The predicted molar refractivity (Wildman–Crippen MR) is 109 cm³/mol. The number of esters is 1. The highest BCUT2D eigenvalue weighted by Gasteiger charge is 2.20. The number of carbonyl (C=O) groups is 2. The second-order valence-corrected chi connectivity index (χ2v) is 6.72. The molecule has 2 rings (SSSR count). The first kappa shape index (κ1) is 20.6. The van der Waals surface area contributed by atoms with Gasteiger partial charge in [0.05, 0.1) is 14.2 Å². The van der Waals surface area contributed by atoms with E-state index in [9.17, 15) is 9.59 Å². The largest absolute Gasteiger partial charge is 0.497 e. The quantitative estimate of drug-likeness (QED) is 0.530. The minimum absolute atomic E-state index is 0.346. The monoisotopic (exact) mass is 385 g/mol. The number of nitrogens with one attached hydrogen (secondary N) is 1. The second kappa shape index (κ2) is 11.1. The standard InChI is InChI=1S/C21H23NO4S/c1-25-18-11-8-16(9-12-18)10-13-20(23)22-19(21(24)26-2)15-27-14-17-6-4-3-5-7-17/h3-13,19H,14-15H2,1-2H3,(H,22,23)/t19-/m0/s1. The molecule has 0 saturated carbocycles. The van der Waals surface area contributed by atoms with E-state index >= 15 is 0 Å². The molecule has 0 aliphatic heterocycles. The average Bonchev–Trinajstić information content (AvgIpc) is 2.72. The van der Waals surface area contributed by atoms with Crippen molar-refractivity contribution in [3.63, 3.8) is 0 Å². The number of ether oxygens (including phenoxy) is 2. The van der Waals surface area contributed by atoms with E-state index in [0.29, 0.717) is 5.75 Å². The van der Waals surface area contributed by atoms with Crippen LogP contribution in [0.4, 0.5) is 0 Å². The molecule has 27 heavy (non-hydrogen) atoms. The van der Waals surface area contributed by atoms with Crippen molar-refractivity contribution in [3.05, 3.63) is 71.8 Å². The average molecular weight is 385 g/mol. The molecular formula is C21H23NO4S. The topological polar surface area (TPSA) is 64.6 Å². The van der Waals surface area contributed by atoms with Gasteiger partial charge in [0.25, 0.3) is 0 Å². The van der Waals surface area contributed by atoms with Crippen LogP contribution >= 0.6 is 11.8 Å². The number of methoxy groups -OCH3 is 2. The molecule has 1 atom stereocenters. The van der Waals surface area contributed by atoms with Crippen LogP contribution in [0.3, 0.4) is 0 Å². The number of amides is 1. The summed E-state index contributed by atoms with van der Waals surface area (Å²) in [5.41, 5.74) is 2.02. The number of thioether (sulfide) groups is 1. The van der Waals surface area contributed by atoms with Gasteiger partial charge in [-0.2, -0.15) is 11.8 Å². The molecule has 0 unspecified atom stereocenters. The minimum atomic E-state index is -0.697. The van der Waals surface area contributed by atoms with Gasteiger partial charge in [0.1, 0.15) is 11.8 Å². The van der Waals surface area contributed by atoms with Crippen LogP contribution in [-0.2, 0) is 20.1 Å². The second-order valence-electron chi connectivity index (χ2n) is 5.69. The van der Waals surface area contributed by atoms with Gasteiger partial charge in [-0.3, -0.25) is 4.79 Å². The maximum absolute atomic E-state index is 12.2. The zero-order valence-electron chi connectivity index (χ0n) is 15.4. The molecular weight excluding hydrogens is 362 g/mol. The highest BCUT2D eigenvalue weighted by Crippen LogP contribution is 2.14. The number of hydrogen-bond acceptors (Lipinski definition) is 5. The first-order valence-corrected chi connectivity index (χ1v) is 9.60. The van der Waals surface area contributed by atoms with E-state index in [4.69, 9.17) is 9.47 Å². The maximum Gasteiger partial charge on any atom is 0.329 e. The SMILES string of the molecule is COC(=O)[C@H](CSCc1ccccc1)NC(=O)C=Cc1ccc(OC)cc1. The molecule has 0 spiro atoms. The van der Waals surface area contributed by atoms with Gasteiger partial charge in [-0.15, -0.1) is 0 Å².